The summed E-state index contributed by atoms with van der Waals surface area (Å²) in [6, 6.07) is -1.15. The number of hydrogen-bond donors (Lipinski definition) is 4. The van der Waals surface area contributed by atoms with Crippen molar-refractivity contribution in [3.8, 4) is 0 Å². The van der Waals surface area contributed by atoms with E-state index in [-0.39, 0.29) is 12.8 Å². The van der Waals surface area contributed by atoms with E-state index in [1.807, 2.05) is 0 Å². The number of rotatable bonds is 8. The molecule has 0 heterocycles. The van der Waals surface area contributed by atoms with Crippen molar-refractivity contribution in [3.05, 3.63) is 0 Å². The summed E-state index contributed by atoms with van der Waals surface area (Å²) in [7, 11) is 0. The van der Waals surface area contributed by atoms with Crippen LogP contribution in [0.2, 0.25) is 0 Å². The van der Waals surface area contributed by atoms with Gasteiger partial charge in [-0.3, -0.25) is 9.59 Å². The van der Waals surface area contributed by atoms with Gasteiger partial charge in [0.05, 0.1) is 5.54 Å². The number of hydrogen-bond acceptors (Lipinski definition) is 4. The highest BCUT2D eigenvalue weighted by atomic mass is 16.4. The fourth-order valence-corrected chi connectivity index (χ4v) is 1.42. The molecule has 0 rings (SSSR count). The molecule has 1 unspecified atom stereocenters. The largest absolute Gasteiger partial charge is 0.480 e. The van der Waals surface area contributed by atoms with Gasteiger partial charge < -0.3 is 21.9 Å². The second kappa shape index (κ2) is 6.95. The number of nitrogens with two attached hydrogens (primary N) is 2. The van der Waals surface area contributed by atoms with Gasteiger partial charge in [-0.2, -0.15) is 0 Å². The zero-order chi connectivity index (χ0) is 14.3. The average molecular weight is 259 g/mol. The van der Waals surface area contributed by atoms with E-state index >= 15 is 0 Å². The maximum atomic E-state index is 11.9. The monoisotopic (exact) mass is 259 g/mol. The molecule has 18 heavy (non-hydrogen) atoms. The minimum atomic E-state index is -1.21. The van der Waals surface area contributed by atoms with Crippen molar-refractivity contribution in [2.24, 2.45) is 11.5 Å². The van der Waals surface area contributed by atoms with Crippen LogP contribution < -0.4 is 16.8 Å². The lowest BCUT2D eigenvalue weighted by atomic mass is 9.92. The number of amides is 2. The molecule has 2 amide bonds. The molecule has 0 saturated carbocycles. The fourth-order valence-electron chi connectivity index (χ4n) is 1.42. The molecule has 0 aliphatic heterocycles. The lowest BCUT2D eigenvalue weighted by molar-refractivity contribution is -0.143. The van der Waals surface area contributed by atoms with Gasteiger partial charge in [0, 0.05) is 6.42 Å². The van der Waals surface area contributed by atoms with Gasteiger partial charge in [-0.1, -0.05) is 13.8 Å². The van der Waals surface area contributed by atoms with Crippen LogP contribution in [0.4, 0.5) is 0 Å². The average Bonchev–Trinajstić information content (AvgIpc) is 2.32. The fraction of sp³-hybridized carbons (Fsp3) is 0.727. The van der Waals surface area contributed by atoms with Crippen LogP contribution in [0.25, 0.3) is 0 Å². The molecule has 0 aliphatic carbocycles. The van der Waals surface area contributed by atoms with Crippen LogP contribution in [-0.2, 0) is 14.4 Å². The number of aliphatic carboxylic acids is 1. The Hall–Kier alpha value is -1.63. The second-order valence-electron chi connectivity index (χ2n) is 4.23. The highest BCUT2D eigenvalue weighted by Gasteiger charge is 2.33. The van der Waals surface area contributed by atoms with Crippen LogP contribution in [0.3, 0.4) is 0 Å². The van der Waals surface area contributed by atoms with Crippen molar-refractivity contribution in [1.29, 1.82) is 0 Å². The lowest BCUT2D eigenvalue weighted by Gasteiger charge is -2.27. The van der Waals surface area contributed by atoms with E-state index in [1.165, 1.54) is 0 Å². The van der Waals surface area contributed by atoms with Crippen LogP contribution >= 0.6 is 0 Å². The standard InChI is InChI=1S/C11H21N3O4/c1-3-11(13,4-2)10(18)14-7(9(16)17)5-6-8(12)15/h7H,3-6,13H2,1-2H3,(H2,12,15)(H,14,18)(H,16,17). The first-order valence-electron chi connectivity index (χ1n) is 5.87. The van der Waals surface area contributed by atoms with Gasteiger partial charge in [0.2, 0.25) is 11.8 Å². The van der Waals surface area contributed by atoms with Gasteiger partial charge >= 0.3 is 5.97 Å². The van der Waals surface area contributed by atoms with Crippen LogP contribution in [0.1, 0.15) is 39.5 Å². The second-order valence-corrected chi connectivity index (χ2v) is 4.23. The Morgan fingerprint density at radius 3 is 2.11 bits per heavy atom. The molecule has 7 nitrogen and oxygen atoms in total. The zero-order valence-corrected chi connectivity index (χ0v) is 10.7. The molecular formula is C11H21N3O4. The molecule has 0 aromatic carbocycles. The van der Waals surface area contributed by atoms with Gasteiger partial charge in [-0.25, -0.2) is 4.79 Å². The smallest absolute Gasteiger partial charge is 0.326 e. The summed E-state index contributed by atoms with van der Waals surface area (Å²) in [5.74, 6) is -2.34. The minimum Gasteiger partial charge on any atom is -0.480 e. The zero-order valence-electron chi connectivity index (χ0n) is 10.7. The third-order valence-corrected chi connectivity index (χ3v) is 3.00. The van der Waals surface area contributed by atoms with E-state index < -0.39 is 29.4 Å². The Bertz CT molecular complexity index is 326. The Balaban J connectivity index is 4.63. The molecule has 0 bridgehead atoms. The Morgan fingerprint density at radius 2 is 1.78 bits per heavy atom. The molecule has 0 aliphatic rings. The number of carboxylic acid groups (broad SMARTS) is 1. The first-order chi connectivity index (χ1) is 8.26. The third-order valence-electron chi connectivity index (χ3n) is 3.00. The maximum absolute atomic E-state index is 11.9. The SMILES string of the molecule is CCC(N)(CC)C(=O)NC(CCC(N)=O)C(=O)O. The van der Waals surface area contributed by atoms with Crippen molar-refractivity contribution in [1.82, 2.24) is 5.32 Å². The Morgan fingerprint density at radius 1 is 1.28 bits per heavy atom. The summed E-state index contributed by atoms with van der Waals surface area (Å²) < 4.78 is 0. The van der Waals surface area contributed by atoms with Gasteiger partial charge in [0.15, 0.2) is 0 Å². The Kier molecular flexibility index (Phi) is 6.32. The Labute approximate surface area is 106 Å². The predicted octanol–water partition coefficient (Wildman–Crippen LogP) is -0.661. The summed E-state index contributed by atoms with van der Waals surface area (Å²) in [6.07, 6.45) is 0.655. The minimum absolute atomic E-state index is 0.0418. The first-order valence-corrected chi connectivity index (χ1v) is 5.87. The van der Waals surface area contributed by atoms with E-state index in [0.29, 0.717) is 12.8 Å². The van der Waals surface area contributed by atoms with Gasteiger partial charge in [-0.05, 0) is 19.3 Å². The molecule has 0 spiro atoms. The summed E-state index contributed by atoms with van der Waals surface area (Å²) in [4.78, 5) is 33.4. The highest BCUT2D eigenvalue weighted by molar-refractivity contribution is 5.90. The van der Waals surface area contributed by atoms with Crippen molar-refractivity contribution < 1.29 is 19.5 Å². The normalized spacial score (nSPS) is 12.8. The topological polar surface area (TPSA) is 136 Å². The molecule has 1 atom stereocenters. The van der Waals surface area contributed by atoms with Crippen molar-refractivity contribution in [2.45, 2.75) is 51.1 Å². The molecular weight excluding hydrogens is 238 g/mol. The van der Waals surface area contributed by atoms with Gasteiger partial charge in [0.1, 0.15) is 6.04 Å². The quantitative estimate of drug-likeness (QED) is 0.458. The molecule has 0 fully saturated rings. The van der Waals surface area contributed by atoms with E-state index in [2.05, 4.69) is 5.32 Å². The van der Waals surface area contributed by atoms with E-state index in [1.54, 1.807) is 13.8 Å². The number of primary amides is 1. The summed E-state index contributed by atoms with van der Waals surface area (Å²) in [5.41, 5.74) is 9.71. The third kappa shape index (κ3) is 4.70. The summed E-state index contributed by atoms with van der Waals surface area (Å²) >= 11 is 0. The van der Waals surface area contributed by atoms with Crippen LogP contribution in [0.15, 0.2) is 0 Å². The van der Waals surface area contributed by atoms with Gasteiger partial charge in [-0.15, -0.1) is 0 Å². The van der Waals surface area contributed by atoms with Crippen molar-refractivity contribution >= 4 is 17.8 Å². The van der Waals surface area contributed by atoms with Crippen LogP contribution in [0, 0.1) is 0 Å². The van der Waals surface area contributed by atoms with Gasteiger partial charge in [0.25, 0.3) is 0 Å². The van der Waals surface area contributed by atoms with E-state index in [4.69, 9.17) is 16.6 Å². The molecule has 0 aromatic rings. The molecule has 0 radical (unpaired) electrons. The van der Waals surface area contributed by atoms with Crippen LogP contribution in [0.5, 0.6) is 0 Å². The molecule has 0 saturated heterocycles. The molecule has 104 valence electrons. The number of carbonyl (C=O) groups excluding carboxylic acids is 2. The van der Waals surface area contributed by atoms with E-state index in [0.717, 1.165) is 0 Å². The van der Waals surface area contributed by atoms with Crippen molar-refractivity contribution in [3.63, 3.8) is 0 Å². The maximum Gasteiger partial charge on any atom is 0.326 e. The number of nitrogens with one attached hydrogen (secondary N) is 1. The van der Waals surface area contributed by atoms with Crippen LogP contribution in [-0.4, -0.2) is 34.5 Å². The summed E-state index contributed by atoms with van der Waals surface area (Å²) in [6.45, 7) is 3.50. The molecule has 0 aromatic heterocycles. The van der Waals surface area contributed by atoms with Crippen molar-refractivity contribution in [2.75, 3.05) is 0 Å². The van der Waals surface area contributed by atoms with E-state index in [9.17, 15) is 14.4 Å². The number of carboxylic acids is 1. The molecule has 7 heteroatoms. The first kappa shape index (κ1) is 16.4. The highest BCUT2D eigenvalue weighted by Crippen LogP contribution is 2.12. The summed E-state index contributed by atoms with van der Waals surface area (Å²) in [5, 5.41) is 11.3. The molecule has 6 N–H and O–H groups in total. The lowest BCUT2D eigenvalue weighted by Crippen LogP contribution is -2.57. The predicted molar refractivity (Wildman–Crippen MR) is 65.5 cm³/mol. The number of carbonyl (C=O) groups is 3.